The van der Waals surface area contributed by atoms with E-state index >= 15 is 0 Å². The number of amides is 1. The van der Waals surface area contributed by atoms with E-state index in [4.69, 9.17) is 4.74 Å². The molecule has 0 aliphatic carbocycles. The Morgan fingerprint density at radius 1 is 0.906 bits per heavy atom. The van der Waals surface area contributed by atoms with Crippen molar-refractivity contribution < 1.29 is 9.53 Å². The van der Waals surface area contributed by atoms with Crippen LogP contribution in [0.4, 0.5) is 5.69 Å². The summed E-state index contributed by atoms with van der Waals surface area (Å²) in [7, 11) is 0. The van der Waals surface area contributed by atoms with Crippen LogP contribution in [0.15, 0.2) is 91.4 Å². The summed E-state index contributed by atoms with van der Waals surface area (Å²) in [6, 6.07) is 22.8. The van der Waals surface area contributed by atoms with Crippen LogP contribution in [-0.4, -0.2) is 20.9 Å². The van der Waals surface area contributed by atoms with E-state index in [1.54, 1.807) is 30.6 Å². The molecular weight excluding hydrogens is 400 g/mol. The van der Waals surface area contributed by atoms with E-state index in [9.17, 15) is 4.79 Å². The molecule has 6 heteroatoms. The van der Waals surface area contributed by atoms with Gasteiger partial charge in [0.2, 0.25) is 0 Å². The molecule has 156 valence electrons. The second-order valence-corrected chi connectivity index (χ2v) is 7.43. The maximum Gasteiger partial charge on any atom is 0.274 e. The zero-order chi connectivity index (χ0) is 21.9. The molecular formula is C26H20N4O2. The summed E-state index contributed by atoms with van der Waals surface area (Å²) in [5, 5.41) is 3.80. The van der Waals surface area contributed by atoms with Gasteiger partial charge in [-0.2, -0.15) is 0 Å². The summed E-state index contributed by atoms with van der Waals surface area (Å²) < 4.78 is 5.98. The lowest BCUT2D eigenvalue weighted by molar-refractivity contribution is 0.102. The molecule has 3 aromatic heterocycles. The van der Waals surface area contributed by atoms with Crippen molar-refractivity contribution in [3.63, 3.8) is 0 Å². The number of fused-ring (bicyclic) bond motifs is 1. The molecule has 0 unspecified atom stereocenters. The van der Waals surface area contributed by atoms with Gasteiger partial charge in [-0.3, -0.25) is 9.78 Å². The molecule has 0 aliphatic rings. The summed E-state index contributed by atoms with van der Waals surface area (Å²) in [6.07, 6.45) is 5.17. The molecule has 0 atom stereocenters. The molecule has 32 heavy (non-hydrogen) atoms. The predicted octanol–water partition coefficient (Wildman–Crippen LogP) is 5.98. The summed E-state index contributed by atoms with van der Waals surface area (Å²) in [5.74, 6) is 1.11. The fourth-order valence-electron chi connectivity index (χ4n) is 3.51. The maximum atomic E-state index is 12.7. The number of hydrogen-bond acceptors (Lipinski definition) is 4. The topological polar surface area (TPSA) is 79.9 Å². The Hall–Kier alpha value is -4.45. The molecule has 6 nitrogen and oxygen atoms in total. The van der Waals surface area contributed by atoms with Crippen molar-refractivity contribution in [3.8, 4) is 22.6 Å². The number of carbonyl (C=O) groups is 1. The van der Waals surface area contributed by atoms with Gasteiger partial charge in [0.1, 0.15) is 22.8 Å². The first-order valence-electron chi connectivity index (χ1n) is 10.2. The zero-order valence-corrected chi connectivity index (χ0v) is 17.4. The first-order valence-corrected chi connectivity index (χ1v) is 10.2. The fourth-order valence-corrected chi connectivity index (χ4v) is 3.51. The molecule has 3 heterocycles. The van der Waals surface area contributed by atoms with Crippen LogP contribution in [0.5, 0.6) is 11.5 Å². The van der Waals surface area contributed by atoms with Gasteiger partial charge in [-0.25, -0.2) is 4.98 Å². The third-order valence-electron chi connectivity index (χ3n) is 5.10. The molecule has 0 saturated carbocycles. The average Bonchev–Trinajstić information content (AvgIpc) is 3.30. The number of hydrogen-bond donors (Lipinski definition) is 2. The Labute approximate surface area is 184 Å². The minimum absolute atomic E-state index is 0.267. The average molecular weight is 420 g/mol. The van der Waals surface area contributed by atoms with Crippen molar-refractivity contribution in [1.29, 1.82) is 0 Å². The Morgan fingerprint density at radius 2 is 1.72 bits per heavy atom. The van der Waals surface area contributed by atoms with E-state index in [2.05, 4.69) is 26.3 Å². The van der Waals surface area contributed by atoms with Crippen LogP contribution in [0, 0.1) is 6.92 Å². The fraction of sp³-hybridized carbons (Fsp3) is 0.0385. The van der Waals surface area contributed by atoms with Crippen molar-refractivity contribution in [3.05, 3.63) is 103 Å². The first-order chi connectivity index (χ1) is 15.7. The molecule has 0 aliphatic heterocycles. The molecule has 1 amide bonds. The number of aromatic amines is 1. The molecule has 0 saturated heterocycles. The Bertz CT molecular complexity index is 1410. The zero-order valence-electron chi connectivity index (χ0n) is 17.4. The van der Waals surface area contributed by atoms with Gasteiger partial charge in [0, 0.05) is 24.3 Å². The lowest BCUT2D eigenvalue weighted by Crippen LogP contribution is -2.13. The molecule has 0 spiro atoms. The van der Waals surface area contributed by atoms with Gasteiger partial charge < -0.3 is 15.0 Å². The third-order valence-corrected chi connectivity index (χ3v) is 5.10. The Balaban J connectivity index is 1.30. The number of pyridine rings is 2. The second-order valence-electron chi connectivity index (χ2n) is 7.43. The molecule has 2 N–H and O–H groups in total. The van der Waals surface area contributed by atoms with Crippen LogP contribution in [0.2, 0.25) is 0 Å². The number of anilines is 1. The van der Waals surface area contributed by atoms with Gasteiger partial charge in [-0.1, -0.05) is 29.8 Å². The van der Waals surface area contributed by atoms with Gasteiger partial charge in [0.25, 0.3) is 5.91 Å². The monoisotopic (exact) mass is 420 g/mol. The van der Waals surface area contributed by atoms with Crippen molar-refractivity contribution in [2.24, 2.45) is 0 Å². The maximum absolute atomic E-state index is 12.7. The van der Waals surface area contributed by atoms with Crippen LogP contribution < -0.4 is 10.1 Å². The highest BCUT2D eigenvalue weighted by Crippen LogP contribution is 2.29. The Morgan fingerprint density at radius 3 is 2.56 bits per heavy atom. The van der Waals surface area contributed by atoms with Crippen LogP contribution >= 0.6 is 0 Å². The highest BCUT2D eigenvalue weighted by atomic mass is 16.5. The molecule has 5 aromatic rings. The third kappa shape index (κ3) is 4.06. The van der Waals surface area contributed by atoms with Crippen LogP contribution in [-0.2, 0) is 0 Å². The minimum atomic E-state index is -0.267. The van der Waals surface area contributed by atoms with E-state index < -0.39 is 0 Å². The first kappa shape index (κ1) is 19.5. The number of aromatic nitrogens is 3. The van der Waals surface area contributed by atoms with Gasteiger partial charge in [-0.15, -0.1) is 0 Å². The summed E-state index contributed by atoms with van der Waals surface area (Å²) in [5.41, 5.74) is 4.95. The van der Waals surface area contributed by atoms with Crippen LogP contribution in [0.25, 0.3) is 22.2 Å². The quantitative estimate of drug-likeness (QED) is 0.367. The molecule has 0 radical (unpaired) electrons. The summed E-state index contributed by atoms with van der Waals surface area (Å²) in [6.45, 7) is 2.04. The van der Waals surface area contributed by atoms with E-state index in [0.717, 1.165) is 27.7 Å². The van der Waals surface area contributed by atoms with Gasteiger partial charge >= 0.3 is 0 Å². The number of ether oxygens (including phenoxy) is 1. The number of nitrogens with zero attached hydrogens (tertiary/aromatic N) is 2. The molecule has 0 bridgehead atoms. The molecule has 5 rings (SSSR count). The summed E-state index contributed by atoms with van der Waals surface area (Å²) in [4.78, 5) is 24.3. The largest absolute Gasteiger partial charge is 0.457 e. The smallest absolute Gasteiger partial charge is 0.274 e. The van der Waals surface area contributed by atoms with Gasteiger partial charge in [-0.05, 0) is 66.6 Å². The number of nitrogens with one attached hydrogen (secondary N) is 2. The van der Waals surface area contributed by atoms with Gasteiger partial charge in [0.15, 0.2) is 0 Å². The standard InChI is InChI=1S/C26H20N4O2/c1-17-3-2-4-18(15-17)19-9-12-27-23(16-19)26(31)30-20-5-7-21(8-6-20)32-24-11-14-29-25-22(24)10-13-28-25/h2-16H,1H3,(H,28,29)(H,30,31). The lowest BCUT2D eigenvalue weighted by Gasteiger charge is -2.09. The number of rotatable bonds is 5. The van der Waals surface area contributed by atoms with E-state index in [0.29, 0.717) is 22.9 Å². The highest BCUT2D eigenvalue weighted by Gasteiger charge is 2.10. The van der Waals surface area contributed by atoms with Crippen LogP contribution in [0.3, 0.4) is 0 Å². The second kappa shape index (κ2) is 8.35. The minimum Gasteiger partial charge on any atom is -0.457 e. The van der Waals surface area contributed by atoms with E-state index in [1.807, 2.05) is 61.7 Å². The molecule has 2 aromatic carbocycles. The number of carbonyl (C=O) groups excluding carboxylic acids is 1. The van der Waals surface area contributed by atoms with Crippen molar-refractivity contribution in [2.75, 3.05) is 5.32 Å². The SMILES string of the molecule is Cc1cccc(-c2ccnc(C(=O)Nc3ccc(Oc4ccnc5[nH]ccc45)cc3)c2)c1. The summed E-state index contributed by atoms with van der Waals surface area (Å²) >= 11 is 0. The number of aryl methyl sites for hydroxylation is 1. The van der Waals surface area contributed by atoms with E-state index in [-0.39, 0.29) is 5.91 Å². The number of H-pyrrole nitrogens is 1. The van der Waals surface area contributed by atoms with Crippen molar-refractivity contribution in [1.82, 2.24) is 15.0 Å². The highest BCUT2D eigenvalue weighted by molar-refractivity contribution is 6.03. The predicted molar refractivity (Wildman–Crippen MR) is 125 cm³/mol. The molecule has 0 fully saturated rings. The van der Waals surface area contributed by atoms with Crippen molar-refractivity contribution in [2.45, 2.75) is 6.92 Å². The normalized spacial score (nSPS) is 10.8. The lowest BCUT2D eigenvalue weighted by atomic mass is 10.0. The van der Waals surface area contributed by atoms with Gasteiger partial charge in [0.05, 0.1) is 5.39 Å². The van der Waals surface area contributed by atoms with E-state index in [1.165, 1.54) is 0 Å². The Kier molecular flexibility index (Phi) is 5.09. The number of benzene rings is 2. The van der Waals surface area contributed by atoms with Crippen molar-refractivity contribution >= 4 is 22.6 Å². The van der Waals surface area contributed by atoms with Crippen LogP contribution in [0.1, 0.15) is 16.1 Å².